The number of para-hydroxylation sites is 1. The highest BCUT2D eigenvalue weighted by Crippen LogP contribution is 2.27. The van der Waals surface area contributed by atoms with Crippen molar-refractivity contribution in [2.75, 3.05) is 25.0 Å². The molecular formula is C16H19F2N3O4. The SMILES string of the molecule is CC(CN(C)C(=O)NC1CC(=O)N(c2c(F)cccc2F)C1)C(=O)O. The topological polar surface area (TPSA) is 90.0 Å². The molecule has 0 bridgehead atoms. The molecule has 7 nitrogen and oxygen atoms in total. The Labute approximate surface area is 143 Å². The molecule has 2 N–H and O–H groups in total. The number of urea groups is 1. The zero-order chi connectivity index (χ0) is 18.7. The number of hydrogen-bond donors (Lipinski definition) is 2. The van der Waals surface area contributed by atoms with Crippen LogP contribution >= 0.6 is 0 Å². The van der Waals surface area contributed by atoms with Gasteiger partial charge >= 0.3 is 12.0 Å². The number of carboxylic acids is 1. The third-order valence-corrected chi connectivity index (χ3v) is 3.98. The van der Waals surface area contributed by atoms with E-state index in [4.69, 9.17) is 5.11 Å². The number of anilines is 1. The van der Waals surface area contributed by atoms with Crippen molar-refractivity contribution in [2.24, 2.45) is 5.92 Å². The second-order valence-electron chi connectivity index (χ2n) is 6.04. The van der Waals surface area contributed by atoms with E-state index in [1.807, 2.05) is 0 Å². The molecule has 136 valence electrons. The van der Waals surface area contributed by atoms with Crippen molar-refractivity contribution in [1.29, 1.82) is 0 Å². The van der Waals surface area contributed by atoms with E-state index in [2.05, 4.69) is 5.32 Å². The number of rotatable bonds is 5. The number of carboxylic acid groups (broad SMARTS) is 1. The lowest BCUT2D eigenvalue weighted by atomic mass is 10.2. The molecule has 2 rings (SSSR count). The van der Waals surface area contributed by atoms with E-state index in [1.165, 1.54) is 24.9 Å². The van der Waals surface area contributed by atoms with Gasteiger partial charge in [-0.15, -0.1) is 0 Å². The lowest BCUT2D eigenvalue weighted by Gasteiger charge is -2.23. The summed E-state index contributed by atoms with van der Waals surface area (Å²) in [6.07, 6.45) is -0.0954. The first kappa shape index (κ1) is 18.6. The highest BCUT2D eigenvalue weighted by molar-refractivity contribution is 5.97. The standard InChI is InChI=1S/C16H19F2N3O4/c1-9(15(23)24)7-20(2)16(25)19-10-6-13(22)21(8-10)14-11(17)4-3-5-12(14)18/h3-5,9-10H,6-8H2,1-2H3,(H,19,25)(H,23,24). The van der Waals surface area contributed by atoms with Crippen LogP contribution in [0.15, 0.2) is 18.2 Å². The average Bonchev–Trinajstić information content (AvgIpc) is 2.87. The molecule has 25 heavy (non-hydrogen) atoms. The molecule has 1 saturated heterocycles. The van der Waals surface area contributed by atoms with Crippen LogP contribution in [-0.4, -0.2) is 54.1 Å². The van der Waals surface area contributed by atoms with E-state index in [0.717, 1.165) is 17.0 Å². The van der Waals surface area contributed by atoms with Crippen LogP contribution in [0.2, 0.25) is 0 Å². The largest absolute Gasteiger partial charge is 0.481 e. The molecule has 2 atom stereocenters. The fourth-order valence-electron chi connectivity index (χ4n) is 2.62. The molecule has 1 aliphatic rings. The third-order valence-electron chi connectivity index (χ3n) is 3.98. The van der Waals surface area contributed by atoms with Crippen molar-refractivity contribution in [2.45, 2.75) is 19.4 Å². The van der Waals surface area contributed by atoms with Crippen molar-refractivity contribution in [3.8, 4) is 0 Å². The predicted molar refractivity (Wildman–Crippen MR) is 85.1 cm³/mol. The maximum atomic E-state index is 13.8. The zero-order valence-electron chi connectivity index (χ0n) is 13.8. The highest BCUT2D eigenvalue weighted by atomic mass is 19.1. The van der Waals surface area contributed by atoms with Crippen LogP contribution in [0.1, 0.15) is 13.3 Å². The summed E-state index contributed by atoms with van der Waals surface area (Å²) in [5.74, 6) is -3.99. The maximum Gasteiger partial charge on any atom is 0.317 e. The molecule has 1 aromatic rings. The highest BCUT2D eigenvalue weighted by Gasteiger charge is 2.35. The summed E-state index contributed by atoms with van der Waals surface area (Å²) in [5.41, 5.74) is -0.433. The minimum absolute atomic E-state index is 0.00646. The molecule has 0 aliphatic carbocycles. The van der Waals surface area contributed by atoms with Gasteiger partial charge < -0.3 is 20.2 Å². The van der Waals surface area contributed by atoms with Crippen molar-refractivity contribution in [3.63, 3.8) is 0 Å². The van der Waals surface area contributed by atoms with Gasteiger partial charge in [-0.1, -0.05) is 13.0 Å². The fraction of sp³-hybridized carbons (Fsp3) is 0.438. The Kier molecular flexibility index (Phi) is 5.55. The number of benzene rings is 1. The van der Waals surface area contributed by atoms with Crippen LogP contribution in [-0.2, 0) is 9.59 Å². The number of nitrogens with one attached hydrogen (secondary N) is 1. The first-order valence-electron chi connectivity index (χ1n) is 7.69. The first-order chi connectivity index (χ1) is 11.7. The number of halogens is 2. The minimum Gasteiger partial charge on any atom is -0.481 e. The summed E-state index contributed by atoms with van der Waals surface area (Å²) in [7, 11) is 1.43. The smallest absolute Gasteiger partial charge is 0.317 e. The molecule has 1 aliphatic heterocycles. The lowest BCUT2D eigenvalue weighted by Crippen LogP contribution is -2.46. The molecule has 0 saturated carbocycles. The fourth-order valence-corrected chi connectivity index (χ4v) is 2.62. The van der Waals surface area contributed by atoms with Crippen molar-refractivity contribution in [1.82, 2.24) is 10.2 Å². The van der Waals surface area contributed by atoms with E-state index in [0.29, 0.717) is 0 Å². The lowest BCUT2D eigenvalue weighted by molar-refractivity contribution is -0.141. The zero-order valence-corrected chi connectivity index (χ0v) is 13.8. The molecule has 0 aromatic heterocycles. The second-order valence-corrected chi connectivity index (χ2v) is 6.04. The molecule has 1 aromatic carbocycles. The van der Waals surface area contributed by atoms with Gasteiger partial charge in [-0.3, -0.25) is 9.59 Å². The van der Waals surface area contributed by atoms with E-state index in [1.54, 1.807) is 0 Å². The van der Waals surface area contributed by atoms with E-state index >= 15 is 0 Å². The van der Waals surface area contributed by atoms with Crippen molar-refractivity contribution < 1.29 is 28.3 Å². The number of aliphatic carboxylic acids is 1. The Morgan fingerprint density at radius 3 is 2.56 bits per heavy atom. The van der Waals surface area contributed by atoms with Gasteiger partial charge in [0.05, 0.1) is 12.0 Å². The molecule has 1 fully saturated rings. The summed E-state index contributed by atoms with van der Waals surface area (Å²) in [6, 6.07) is 2.13. The summed E-state index contributed by atoms with van der Waals surface area (Å²) < 4.78 is 27.7. The van der Waals surface area contributed by atoms with Crippen molar-refractivity contribution in [3.05, 3.63) is 29.8 Å². The van der Waals surface area contributed by atoms with Crippen molar-refractivity contribution >= 4 is 23.6 Å². The molecule has 0 spiro atoms. The molecule has 1 heterocycles. The Morgan fingerprint density at radius 2 is 2.00 bits per heavy atom. The molecule has 9 heteroatoms. The van der Waals surface area contributed by atoms with Gasteiger partial charge in [-0.05, 0) is 12.1 Å². The average molecular weight is 355 g/mol. The van der Waals surface area contributed by atoms with Gasteiger partial charge in [-0.25, -0.2) is 13.6 Å². The number of carbonyl (C=O) groups is 3. The van der Waals surface area contributed by atoms with Gasteiger partial charge in [-0.2, -0.15) is 0 Å². The van der Waals surface area contributed by atoms with Gasteiger partial charge in [0.1, 0.15) is 17.3 Å². The quantitative estimate of drug-likeness (QED) is 0.836. The monoisotopic (exact) mass is 355 g/mol. The number of nitrogens with zero attached hydrogens (tertiary/aromatic N) is 2. The summed E-state index contributed by atoms with van der Waals surface area (Å²) in [5, 5.41) is 11.4. The van der Waals surface area contributed by atoms with E-state index < -0.39 is 47.2 Å². The van der Waals surface area contributed by atoms with Crippen LogP contribution in [0.4, 0.5) is 19.3 Å². The number of amides is 3. The van der Waals surface area contributed by atoms with Crippen LogP contribution in [0, 0.1) is 17.6 Å². The van der Waals surface area contributed by atoms with Gasteiger partial charge in [0.2, 0.25) is 5.91 Å². The molecule has 0 radical (unpaired) electrons. The van der Waals surface area contributed by atoms with Gasteiger partial charge in [0.15, 0.2) is 0 Å². The normalized spacial score (nSPS) is 18.2. The maximum absolute atomic E-state index is 13.8. The first-order valence-corrected chi connectivity index (χ1v) is 7.69. The minimum atomic E-state index is -1.03. The molecule has 3 amide bonds. The summed E-state index contributed by atoms with van der Waals surface area (Å²) >= 11 is 0. The Morgan fingerprint density at radius 1 is 1.40 bits per heavy atom. The summed E-state index contributed by atoms with van der Waals surface area (Å²) in [6.45, 7) is 1.39. The number of carbonyl (C=O) groups excluding carboxylic acids is 2. The van der Waals surface area contributed by atoms with Crippen LogP contribution in [0.3, 0.4) is 0 Å². The predicted octanol–water partition coefficient (Wildman–Crippen LogP) is 1.43. The molecular weight excluding hydrogens is 336 g/mol. The molecule has 2 unspecified atom stereocenters. The van der Waals surface area contributed by atoms with E-state index in [9.17, 15) is 23.2 Å². The van der Waals surface area contributed by atoms with Crippen LogP contribution < -0.4 is 10.2 Å². The van der Waals surface area contributed by atoms with E-state index in [-0.39, 0.29) is 19.5 Å². The van der Waals surface area contributed by atoms with Crippen LogP contribution in [0.5, 0.6) is 0 Å². The summed E-state index contributed by atoms with van der Waals surface area (Å²) in [4.78, 5) is 37.1. The third kappa shape index (κ3) is 4.23. The van der Waals surface area contributed by atoms with Gasteiger partial charge in [0.25, 0.3) is 0 Å². The van der Waals surface area contributed by atoms with Gasteiger partial charge in [0, 0.05) is 26.6 Å². The van der Waals surface area contributed by atoms with Crippen LogP contribution in [0.25, 0.3) is 0 Å². The Bertz CT molecular complexity index is 678. The Hall–Kier alpha value is -2.71. The Balaban J connectivity index is 2.01. The number of hydrogen-bond acceptors (Lipinski definition) is 3. The second kappa shape index (κ2) is 7.45.